The Morgan fingerprint density at radius 1 is 1.18 bits per heavy atom. The van der Waals surface area contributed by atoms with Crippen molar-refractivity contribution in [2.45, 2.75) is 6.42 Å². The molecule has 114 valence electrons. The van der Waals surface area contributed by atoms with Gasteiger partial charge < -0.3 is 10.1 Å². The topological polar surface area (TPSA) is 38.3 Å². The van der Waals surface area contributed by atoms with Crippen LogP contribution in [0.5, 0.6) is 5.75 Å². The number of carbonyl (C=O) groups excluding carboxylic acids is 1. The van der Waals surface area contributed by atoms with Gasteiger partial charge in [-0.1, -0.05) is 47.5 Å². The summed E-state index contributed by atoms with van der Waals surface area (Å²) in [5.41, 5.74) is 1.52. The Morgan fingerprint density at radius 3 is 2.55 bits per heavy atom. The summed E-state index contributed by atoms with van der Waals surface area (Å²) < 4.78 is 5.56. The van der Waals surface area contributed by atoms with Gasteiger partial charge in [0.25, 0.3) is 5.91 Å². The molecule has 0 saturated heterocycles. The van der Waals surface area contributed by atoms with Crippen LogP contribution < -0.4 is 10.1 Å². The minimum atomic E-state index is -0.285. The Morgan fingerprint density at radius 2 is 1.86 bits per heavy atom. The molecule has 2 rings (SSSR count). The fourth-order valence-electron chi connectivity index (χ4n) is 1.94. The molecule has 0 aliphatic rings. The number of ether oxygens (including phenoxy) is 1. The second kappa shape index (κ2) is 7.87. The molecule has 0 bridgehead atoms. The third-order valence-corrected chi connectivity index (χ3v) is 3.28. The SMILES string of the molecule is C=CCc1ccccc1OCC(=O)Nc1cc(Cl)cc(Cl)c1. The molecule has 0 heterocycles. The number of hydrogen-bond donors (Lipinski definition) is 1. The molecule has 0 fully saturated rings. The second-order valence-electron chi connectivity index (χ2n) is 4.60. The number of allylic oxidation sites excluding steroid dienone is 1. The Balaban J connectivity index is 1.97. The molecule has 0 aliphatic carbocycles. The van der Waals surface area contributed by atoms with Crippen LogP contribution in [-0.4, -0.2) is 12.5 Å². The van der Waals surface area contributed by atoms with Crippen molar-refractivity contribution < 1.29 is 9.53 Å². The molecule has 0 atom stereocenters. The van der Waals surface area contributed by atoms with Gasteiger partial charge >= 0.3 is 0 Å². The van der Waals surface area contributed by atoms with E-state index in [1.807, 2.05) is 24.3 Å². The van der Waals surface area contributed by atoms with Crippen molar-refractivity contribution in [3.05, 3.63) is 70.7 Å². The summed E-state index contributed by atoms with van der Waals surface area (Å²) in [6.45, 7) is 3.61. The summed E-state index contributed by atoms with van der Waals surface area (Å²) in [6.07, 6.45) is 2.47. The third-order valence-electron chi connectivity index (χ3n) is 2.84. The molecule has 3 nitrogen and oxygen atoms in total. The quantitative estimate of drug-likeness (QED) is 0.774. The van der Waals surface area contributed by atoms with Crippen molar-refractivity contribution in [3.63, 3.8) is 0 Å². The van der Waals surface area contributed by atoms with Gasteiger partial charge in [-0.15, -0.1) is 6.58 Å². The molecular weight excluding hydrogens is 321 g/mol. The largest absolute Gasteiger partial charge is 0.483 e. The smallest absolute Gasteiger partial charge is 0.262 e. The van der Waals surface area contributed by atoms with Gasteiger partial charge in [-0.05, 0) is 36.2 Å². The van der Waals surface area contributed by atoms with Crippen LogP contribution in [0.25, 0.3) is 0 Å². The standard InChI is InChI=1S/C17H15Cl2NO2/c1-2-5-12-6-3-4-7-16(12)22-11-17(21)20-15-9-13(18)8-14(19)10-15/h2-4,6-10H,1,5,11H2,(H,20,21). The highest BCUT2D eigenvalue weighted by Gasteiger charge is 2.07. The summed E-state index contributed by atoms with van der Waals surface area (Å²) in [7, 11) is 0. The molecule has 0 spiro atoms. The molecule has 0 aliphatic heterocycles. The lowest BCUT2D eigenvalue weighted by atomic mass is 10.1. The Labute approximate surface area is 139 Å². The number of halogens is 2. The van der Waals surface area contributed by atoms with Crippen LogP contribution in [-0.2, 0) is 11.2 Å². The zero-order valence-electron chi connectivity index (χ0n) is 11.8. The van der Waals surface area contributed by atoms with E-state index < -0.39 is 0 Å². The van der Waals surface area contributed by atoms with Crippen molar-refractivity contribution in [1.82, 2.24) is 0 Å². The summed E-state index contributed by atoms with van der Waals surface area (Å²) in [5, 5.41) is 3.61. The van der Waals surface area contributed by atoms with E-state index in [4.69, 9.17) is 27.9 Å². The number of rotatable bonds is 6. The van der Waals surface area contributed by atoms with Crippen molar-refractivity contribution >= 4 is 34.8 Å². The lowest BCUT2D eigenvalue weighted by Crippen LogP contribution is -2.20. The number of amides is 1. The minimum absolute atomic E-state index is 0.0989. The van der Waals surface area contributed by atoms with E-state index in [1.54, 1.807) is 24.3 Å². The Hall–Kier alpha value is -1.97. The first-order valence-electron chi connectivity index (χ1n) is 6.66. The normalized spacial score (nSPS) is 10.1. The number of anilines is 1. The zero-order valence-corrected chi connectivity index (χ0v) is 13.3. The predicted octanol–water partition coefficient (Wildman–Crippen LogP) is 4.74. The van der Waals surface area contributed by atoms with Crippen molar-refractivity contribution in [2.75, 3.05) is 11.9 Å². The number of carbonyl (C=O) groups is 1. The maximum Gasteiger partial charge on any atom is 0.262 e. The highest BCUT2D eigenvalue weighted by molar-refractivity contribution is 6.35. The highest BCUT2D eigenvalue weighted by atomic mass is 35.5. The highest BCUT2D eigenvalue weighted by Crippen LogP contribution is 2.23. The first kappa shape index (κ1) is 16.4. The second-order valence-corrected chi connectivity index (χ2v) is 5.47. The molecule has 22 heavy (non-hydrogen) atoms. The molecule has 0 saturated carbocycles. The lowest BCUT2D eigenvalue weighted by molar-refractivity contribution is -0.118. The van der Waals surface area contributed by atoms with Crippen LogP contribution in [0.15, 0.2) is 55.1 Å². The van der Waals surface area contributed by atoms with E-state index in [-0.39, 0.29) is 12.5 Å². The summed E-state index contributed by atoms with van der Waals surface area (Å²) in [4.78, 5) is 11.9. The van der Waals surface area contributed by atoms with Crippen molar-refractivity contribution in [3.8, 4) is 5.75 Å². The molecule has 0 unspecified atom stereocenters. The molecule has 1 amide bonds. The first-order chi connectivity index (χ1) is 10.6. The van der Waals surface area contributed by atoms with E-state index in [9.17, 15) is 4.79 Å². The number of para-hydroxylation sites is 1. The van der Waals surface area contributed by atoms with Gasteiger partial charge in [0.1, 0.15) is 5.75 Å². The predicted molar refractivity (Wildman–Crippen MR) is 90.9 cm³/mol. The van der Waals surface area contributed by atoms with Crippen LogP contribution in [0, 0.1) is 0 Å². The number of benzene rings is 2. The number of hydrogen-bond acceptors (Lipinski definition) is 2. The molecule has 0 radical (unpaired) electrons. The number of nitrogens with one attached hydrogen (secondary N) is 1. The van der Waals surface area contributed by atoms with E-state index in [2.05, 4.69) is 11.9 Å². The van der Waals surface area contributed by atoms with Crippen LogP contribution in [0.2, 0.25) is 10.0 Å². The van der Waals surface area contributed by atoms with Gasteiger partial charge in [0.05, 0.1) is 0 Å². The van der Waals surface area contributed by atoms with Gasteiger partial charge in [-0.2, -0.15) is 0 Å². The van der Waals surface area contributed by atoms with E-state index in [0.29, 0.717) is 27.9 Å². The van der Waals surface area contributed by atoms with Crippen LogP contribution in [0.3, 0.4) is 0 Å². The summed E-state index contributed by atoms with van der Waals surface area (Å²) >= 11 is 11.8. The van der Waals surface area contributed by atoms with Gasteiger partial charge in [0, 0.05) is 15.7 Å². The van der Waals surface area contributed by atoms with Crippen molar-refractivity contribution in [2.24, 2.45) is 0 Å². The van der Waals surface area contributed by atoms with Crippen LogP contribution in [0.4, 0.5) is 5.69 Å². The zero-order chi connectivity index (χ0) is 15.9. The van der Waals surface area contributed by atoms with E-state index >= 15 is 0 Å². The van der Waals surface area contributed by atoms with Gasteiger partial charge in [0.15, 0.2) is 6.61 Å². The molecule has 5 heteroatoms. The average molecular weight is 336 g/mol. The fourth-order valence-corrected chi connectivity index (χ4v) is 2.46. The van der Waals surface area contributed by atoms with E-state index in [1.165, 1.54) is 0 Å². The van der Waals surface area contributed by atoms with Gasteiger partial charge in [0.2, 0.25) is 0 Å². The van der Waals surface area contributed by atoms with Gasteiger partial charge in [-0.3, -0.25) is 4.79 Å². The monoisotopic (exact) mass is 335 g/mol. The Bertz CT molecular complexity index is 666. The first-order valence-corrected chi connectivity index (χ1v) is 7.41. The summed E-state index contributed by atoms with van der Waals surface area (Å²) in [6, 6.07) is 12.4. The molecule has 1 N–H and O–H groups in total. The van der Waals surface area contributed by atoms with Crippen LogP contribution in [0.1, 0.15) is 5.56 Å². The average Bonchev–Trinajstić information content (AvgIpc) is 2.45. The minimum Gasteiger partial charge on any atom is -0.483 e. The van der Waals surface area contributed by atoms with E-state index in [0.717, 1.165) is 5.56 Å². The summed E-state index contributed by atoms with van der Waals surface area (Å²) in [5.74, 6) is 0.383. The van der Waals surface area contributed by atoms with Gasteiger partial charge in [-0.25, -0.2) is 0 Å². The Kier molecular flexibility index (Phi) is 5.87. The maximum atomic E-state index is 11.9. The lowest BCUT2D eigenvalue weighted by Gasteiger charge is -2.11. The molecule has 0 aromatic heterocycles. The van der Waals surface area contributed by atoms with Crippen molar-refractivity contribution in [1.29, 1.82) is 0 Å². The molecule has 2 aromatic rings. The fraction of sp³-hybridized carbons (Fsp3) is 0.118. The third kappa shape index (κ3) is 4.79. The van der Waals surface area contributed by atoms with Crippen LogP contribution >= 0.6 is 23.2 Å². The molecule has 2 aromatic carbocycles. The maximum absolute atomic E-state index is 11.9. The molecular formula is C17H15Cl2NO2.